The number of amides is 1. The Balaban J connectivity index is 0.00000203. The fourth-order valence-electron chi connectivity index (χ4n) is 5.24. The van der Waals surface area contributed by atoms with Crippen LogP contribution in [-0.4, -0.2) is 18.5 Å². The minimum atomic E-state index is -0.711. The topological polar surface area (TPSA) is 69.4 Å². The van der Waals surface area contributed by atoms with Gasteiger partial charge in [0.1, 0.15) is 0 Å². The Morgan fingerprint density at radius 1 is 0.842 bits per heavy atom. The fourth-order valence-corrected chi connectivity index (χ4v) is 5.24. The van der Waals surface area contributed by atoms with Gasteiger partial charge in [0.2, 0.25) is 0 Å². The average molecular weight is 532 g/mol. The molecule has 1 unspecified atom stereocenters. The summed E-state index contributed by atoms with van der Waals surface area (Å²) in [5, 5.41) is 0. The van der Waals surface area contributed by atoms with Crippen molar-refractivity contribution >= 4 is 11.9 Å². The molecule has 0 spiro atoms. The highest BCUT2D eigenvalue weighted by atomic mass is 16.5. The summed E-state index contributed by atoms with van der Waals surface area (Å²) in [6.07, 6.45) is 30.3. The molecule has 0 heterocycles. The maximum atomic E-state index is 12.8. The van der Waals surface area contributed by atoms with E-state index < -0.39 is 6.09 Å². The van der Waals surface area contributed by atoms with E-state index in [1.54, 1.807) is 6.92 Å². The van der Waals surface area contributed by atoms with Crippen LogP contribution >= 0.6 is 0 Å². The summed E-state index contributed by atoms with van der Waals surface area (Å²) in [5.74, 6) is 0.711. The summed E-state index contributed by atoms with van der Waals surface area (Å²) in [4.78, 5) is 22.4. The highest BCUT2D eigenvalue weighted by molar-refractivity contribution is 6.00. The molecular weight excluding hydrogens is 470 g/mol. The molecule has 0 saturated carbocycles. The number of hydrogen-bond acceptors (Lipinski definition) is 3. The first-order valence-corrected chi connectivity index (χ1v) is 15.7. The number of hydrogen-bond donors (Lipinski definition) is 1. The summed E-state index contributed by atoms with van der Waals surface area (Å²) in [6.45, 7) is 13.3. The molecule has 0 radical (unpaired) electrons. The van der Waals surface area contributed by atoms with E-state index >= 15 is 0 Å². The predicted molar refractivity (Wildman–Crippen MR) is 164 cm³/mol. The predicted octanol–water partition coefficient (Wildman–Crippen LogP) is 10.4. The average Bonchev–Trinajstić information content (AvgIpc) is 2.85. The molecule has 4 nitrogen and oxygen atoms in total. The smallest absolute Gasteiger partial charge is 0.404 e. The van der Waals surface area contributed by atoms with Crippen LogP contribution in [0.5, 0.6) is 0 Å². The van der Waals surface area contributed by atoms with E-state index in [4.69, 9.17) is 0 Å². The molecule has 0 bridgehead atoms. The molecule has 0 saturated heterocycles. The van der Waals surface area contributed by atoms with Crippen LogP contribution in [0.3, 0.4) is 0 Å². The lowest BCUT2D eigenvalue weighted by atomic mass is 9.65. The molecule has 1 aliphatic carbocycles. The van der Waals surface area contributed by atoms with Gasteiger partial charge in [-0.2, -0.15) is 0 Å². The zero-order valence-electron chi connectivity index (χ0n) is 25.9. The van der Waals surface area contributed by atoms with E-state index in [1.807, 2.05) is 0 Å². The van der Waals surface area contributed by atoms with Gasteiger partial charge in [-0.3, -0.25) is 4.79 Å². The van der Waals surface area contributed by atoms with Gasteiger partial charge in [-0.05, 0) is 44.9 Å². The van der Waals surface area contributed by atoms with E-state index in [-0.39, 0.29) is 5.41 Å². The SMILES string of the molecule is CCCCCCCCCC=CC1=C(C)C(C=CCCCCCCCCC)C(C)(C)CC1=O.CCOC(N)=O. The minimum absolute atomic E-state index is 0.0215. The van der Waals surface area contributed by atoms with Crippen LogP contribution in [0.15, 0.2) is 35.5 Å². The molecule has 220 valence electrons. The Kier molecular flexibility index (Phi) is 22.0. The molecule has 0 aromatic carbocycles. The van der Waals surface area contributed by atoms with Gasteiger partial charge in [0.05, 0.1) is 6.61 Å². The number of carbonyl (C=O) groups is 2. The Morgan fingerprint density at radius 3 is 1.76 bits per heavy atom. The molecule has 1 aliphatic rings. The first kappa shape index (κ1) is 36.2. The molecule has 4 heteroatoms. The summed E-state index contributed by atoms with van der Waals surface area (Å²) in [7, 11) is 0. The first-order valence-electron chi connectivity index (χ1n) is 15.7. The molecule has 2 N–H and O–H groups in total. The molecule has 1 amide bonds. The third-order valence-electron chi connectivity index (χ3n) is 7.50. The van der Waals surface area contributed by atoms with Crippen LogP contribution < -0.4 is 5.73 Å². The number of unbranched alkanes of at least 4 members (excludes halogenated alkanes) is 14. The Bertz CT molecular complexity index is 717. The second-order valence-corrected chi connectivity index (χ2v) is 11.6. The second kappa shape index (κ2) is 23.1. The number of ketones is 1. The quantitative estimate of drug-likeness (QED) is 0.133. The minimum Gasteiger partial charge on any atom is -0.450 e. The van der Waals surface area contributed by atoms with E-state index in [0.29, 0.717) is 24.7 Å². The van der Waals surface area contributed by atoms with Crippen molar-refractivity contribution in [2.24, 2.45) is 17.1 Å². The number of primary amides is 1. The summed E-state index contributed by atoms with van der Waals surface area (Å²) in [5.41, 5.74) is 6.82. The molecule has 0 aliphatic heterocycles. The third kappa shape index (κ3) is 17.6. The van der Waals surface area contributed by atoms with Crippen molar-refractivity contribution in [2.45, 2.75) is 151 Å². The number of carbonyl (C=O) groups excluding carboxylic acids is 2. The van der Waals surface area contributed by atoms with E-state index in [1.165, 1.54) is 102 Å². The lowest BCUT2D eigenvalue weighted by molar-refractivity contribution is -0.118. The first-order chi connectivity index (χ1) is 18.2. The van der Waals surface area contributed by atoms with Crippen LogP contribution in [0.2, 0.25) is 0 Å². The normalized spacial score (nSPS) is 17.2. The van der Waals surface area contributed by atoms with Crippen LogP contribution in [0.4, 0.5) is 4.79 Å². The summed E-state index contributed by atoms with van der Waals surface area (Å²) in [6, 6.07) is 0. The van der Waals surface area contributed by atoms with Gasteiger partial charge in [-0.1, -0.05) is 135 Å². The van der Waals surface area contributed by atoms with E-state index in [9.17, 15) is 9.59 Å². The van der Waals surface area contributed by atoms with Crippen LogP contribution in [0.25, 0.3) is 0 Å². The standard InChI is InChI=1S/C31H54O.C3H7NO2/c1-6-8-10-12-14-16-18-20-22-24-28-27(3)29(31(4,5)26-30(28)32)25-23-21-19-17-15-13-11-9-7-2;1-2-6-3(4)5/h22-25,29H,6-21,26H2,1-5H3;2H2,1H3,(H2,4,5). The van der Waals surface area contributed by atoms with Crippen LogP contribution in [0, 0.1) is 11.3 Å². The molecule has 1 rings (SSSR count). The molecule has 0 aromatic rings. The fraction of sp³-hybridized carbons (Fsp3) is 0.765. The van der Waals surface area contributed by atoms with Crippen LogP contribution in [0.1, 0.15) is 151 Å². The van der Waals surface area contributed by atoms with Crippen molar-refractivity contribution in [1.29, 1.82) is 0 Å². The van der Waals surface area contributed by atoms with Gasteiger partial charge in [0.15, 0.2) is 5.78 Å². The number of rotatable bonds is 19. The van der Waals surface area contributed by atoms with Gasteiger partial charge >= 0.3 is 6.09 Å². The van der Waals surface area contributed by atoms with Crippen molar-refractivity contribution in [3.05, 3.63) is 35.5 Å². The molecule has 1 atom stereocenters. The van der Waals surface area contributed by atoms with Gasteiger partial charge < -0.3 is 10.5 Å². The second-order valence-electron chi connectivity index (χ2n) is 11.6. The molecule has 0 fully saturated rings. The lowest BCUT2D eigenvalue weighted by Crippen LogP contribution is -2.33. The molecule has 0 aromatic heterocycles. The van der Waals surface area contributed by atoms with Crippen molar-refractivity contribution < 1.29 is 14.3 Å². The lowest BCUT2D eigenvalue weighted by Gasteiger charge is -2.38. The summed E-state index contributed by atoms with van der Waals surface area (Å²) < 4.78 is 4.18. The highest BCUT2D eigenvalue weighted by Gasteiger charge is 2.37. The van der Waals surface area contributed by atoms with Crippen molar-refractivity contribution in [2.75, 3.05) is 6.61 Å². The van der Waals surface area contributed by atoms with Gasteiger partial charge in [-0.15, -0.1) is 0 Å². The monoisotopic (exact) mass is 531 g/mol. The third-order valence-corrected chi connectivity index (χ3v) is 7.50. The van der Waals surface area contributed by atoms with Crippen molar-refractivity contribution in [3.63, 3.8) is 0 Å². The summed E-state index contributed by atoms with van der Waals surface area (Å²) >= 11 is 0. The molecule has 38 heavy (non-hydrogen) atoms. The van der Waals surface area contributed by atoms with Gasteiger partial charge in [-0.25, -0.2) is 4.79 Å². The Hall–Kier alpha value is -1.84. The zero-order valence-corrected chi connectivity index (χ0v) is 25.9. The van der Waals surface area contributed by atoms with E-state index in [0.717, 1.165) is 12.0 Å². The highest BCUT2D eigenvalue weighted by Crippen LogP contribution is 2.43. The van der Waals surface area contributed by atoms with Crippen LogP contribution in [-0.2, 0) is 9.53 Å². The molecular formula is C34H61NO3. The largest absolute Gasteiger partial charge is 0.450 e. The number of ether oxygens (including phenoxy) is 1. The number of Topliss-reactive ketones (excluding diaryl/α,β-unsaturated/α-hetero) is 1. The Morgan fingerprint density at radius 2 is 1.32 bits per heavy atom. The number of allylic oxidation sites excluding steroid dienone is 6. The Labute approximate surface area is 235 Å². The maximum absolute atomic E-state index is 12.8. The van der Waals surface area contributed by atoms with Gasteiger partial charge in [0, 0.05) is 17.9 Å². The van der Waals surface area contributed by atoms with E-state index in [2.05, 4.69) is 69.4 Å². The van der Waals surface area contributed by atoms with Crippen molar-refractivity contribution in [3.8, 4) is 0 Å². The van der Waals surface area contributed by atoms with Crippen molar-refractivity contribution in [1.82, 2.24) is 0 Å². The number of nitrogens with two attached hydrogens (primary N) is 1. The van der Waals surface area contributed by atoms with Gasteiger partial charge in [0.25, 0.3) is 0 Å². The zero-order chi connectivity index (χ0) is 28.7. The maximum Gasteiger partial charge on any atom is 0.404 e.